The van der Waals surface area contributed by atoms with Crippen molar-refractivity contribution in [1.82, 2.24) is 4.90 Å². The van der Waals surface area contributed by atoms with Gasteiger partial charge in [-0.1, -0.05) is 0 Å². The molecule has 1 heterocycles. The number of carbonyl (C=O) groups excluding carboxylic acids is 1. The number of amides is 1. The summed E-state index contributed by atoms with van der Waals surface area (Å²) in [6.07, 6.45) is 0.663. The van der Waals surface area contributed by atoms with E-state index < -0.39 is 11.7 Å². The second-order valence-corrected chi connectivity index (χ2v) is 5.19. The van der Waals surface area contributed by atoms with Crippen LogP contribution in [0.15, 0.2) is 0 Å². The fourth-order valence-corrected chi connectivity index (χ4v) is 1.90. The van der Waals surface area contributed by atoms with E-state index in [4.69, 9.17) is 10.5 Å². The van der Waals surface area contributed by atoms with Gasteiger partial charge in [0.05, 0.1) is 12.1 Å². The van der Waals surface area contributed by atoms with Gasteiger partial charge in [-0.05, 0) is 33.6 Å². The molecule has 0 bridgehead atoms. The van der Waals surface area contributed by atoms with Crippen LogP contribution in [0.2, 0.25) is 0 Å². The average Bonchev–Trinajstić information content (AvgIpc) is 2.62. The van der Waals surface area contributed by atoms with E-state index in [2.05, 4.69) is 0 Å². The van der Waals surface area contributed by atoms with Crippen molar-refractivity contribution in [2.45, 2.75) is 51.4 Å². The molecule has 0 aromatic rings. The maximum Gasteiger partial charge on any atom is 0.410 e. The Kier molecular flexibility index (Phi) is 4.15. The van der Waals surface area contributed by atoms with Crippen LogP contribution in [-0.4, -0.2) is 46.9 Å². The van der Waals surface area contributed by atoms with Crippen molar-refractivity contribution in [2.75, 3.05) is 13.1 Å². The summed E-state index contributed by atoms with van der Waals surface area (Å²) in [6.45, 7) is 6.29. The first-order valence-corrected chi connectivity index (χ1v) is 5.73. The lowest BCUT2D eigenvalue weighted by molar-refractivity contribution is 0.00671. The van der Waals surface area contributed by atoms with Crippen LogP contribution in [0, 0.1) is 0 Å². The van der Waals surface area contributed by atoms with Crippen molar-refractivity contribution >= 4 is 6.09 Å². The predicted octanol–water partition coefficient (Wildman–Crippen LogP) is 0.706. The lowest BCUT2D eigenvalue weighted by atomic mass is 10.1. The van der Waals surface area contributed by atoms with Crippen LogP contribution in [-0.2, 0) is 4.74 Å². The molecule has 94 valence electrons. The van der Waals surface area contributed by atoms with Crippen LogP contribution in [0.3, 0.4) is 0 Å². The number of likely N-dealkylation sites (tertiary alicyclic amines) is 1. The zero-order valence-electron chi connectivity index (χ0n) is 10.3. The highest BCUT2D eigenvalue weighted by Gasteiger charge is 2.35. The molecule has 0 aliphatic carbocycles. The molecule has 0 aromatic heterocycles. The van der Waals surface area contributed by atoms with Gasteiger partial charge < -0.3 is 20.5 Å². The van der Waals surface area contributed by atoms with Gasteiger partial charge >= 0.3 is 6.09 Å². The molecule has 1 amide bonds. The van der Waals surface area contributed by atoms with Crippen molar-refractivity contribution in [2.24, 2.45) is 5.73 Å². The van der Waals surface area contributed by atoms with Crippen molar-refractivity contribution in [3.63, 3.8) is 0 Å². The smallest absolute Gasteiger partial charge is 0.410 e. The van der Waals surface area contributed by atoms with Gasteiger partial charge in [-0.15, -0.1) is 0 Å². The van der Waals surface area contributed by atoms with E-state index in [-0.39, 0.29) is 18.7 Å². The zero-order valence-corrected chi connectivity index (χ0v) is 10.3. The van der Waals surface area contributed by atoms with Crippen LogP contribution in [0.5, 0.6) is 0 Å². The fraction of sp³-hybridized carbons (Fsp3) is 0.909. The Morgan fingerprint density at radius 2 is 2.25 bits per heavy atom. The van der Waals surface area contributed by atoms with E-state index in [1.54, 1.807) is 4.90 Å². The zero-order chi connectivity index (χ0) is 12.3. The highest BCUT2D eigenvalue weighted by Crippen LogP contribution is 2.22. The molecule has 16 heavy (non-hydrogen) atoms. The van der Waals surface area contributed by atoms with E-state index in [0.29, 0.717) is 6.54 Å². The largest absolute Gasteiger partial charge is 0.444 e. The quantitative estimate of drug-likeness (QED) is 0.732. The Morgan fingerprint density at radius 1 is 1.62 bits per heavy atom. The number of hydrogen-bond acceptors (Lipinski definition) is 4. The summed E-state index contributed by atoms with van der Waals surface area (Å²) in [5.41, 5.74) is 4.91. The second-order valence-electron chi connectivity index (χ2n) is 5.19. The number of nitrogens with zero attached hydrogens (tertiary/aromatic N) is 1. The fourth-order valence-electron chi connectivity index (χ4n) is 1.90. The van der Waals surface area contributed by atoms with Crippen LogP contribution in [0.1, 0.15) is 33.6 Å². The molecule has 3 N–H and O–H groups in total. The molecule has 5 nitrogen and oxygen atoms in total. The molecule has 0 spiro atoms. The lowest BCUT2D eigenvalue weighted by Gasteiger charge is -2.30. The molecule has 0 saturated carbocycles. The minimum Gasteiger partial charge on any atom is -0.444 e. The molecule has 1 saturated heterocycles. The van der Waals surface area contributed by atoms with Gasteiger partial charge in [0, 0.05) is 13.1 Å². The molecule has 1 rings (SSSR count). The topological polar surface area (TPSA) is 75.8 Å². The van der Waals surface area contributed by atoms with Crippen molar-refractivity contribution in [3.8, 4) is 0 Å². The number of aliphatic hydroxyl groups excluding tert-OH is 1. The standard InChI is InChI=1S/C11H22N2O3/c1-11(2,3)16-10(15)13-6-4-5-8(13)9(14)7-12/h8-9,14H,4-7,12H2,1-3H3/t8-,9?/m1/s1. The van der Waals surface area contributed by atoms with Crippen LogP contribution in [0.25, 0.3) is 0 Å². The number of carbonyl (C=O) groups is 1. The molecular weight excluding hydrogens is 208 g/mol. The Bertz CT molecular complexity index is 250. The summed E-state index contributed by atoms with van der Waals surface area (Å²) < 4.78 is 5.28. The van der Waals surface area contributed by atoms with Gasteiger partial charge in [-0.25, -0.2) is 4.79 Å². The molecule has 1 unspecified atom stereocenters. The molecular formula is C11H22N2O3. The third-order valence-electron chi connectivity index (χ3n) is 2.61. The molecule has 0 aromatic carbocycles. The highest BCUT2D eigenvalue weighted by atomic mass is 16.6. The second kappa shape index (κ2) is 5.01. The predicted molar refractivity (Wildman–Crippen MR) is 61.0 cm³/mol. The third-order valence-corrected chi connectivity index (χ3v) is 2.61. The summed E-state index contributed by atoms with van der Waals surface area (Å²) in [7, 11) is 0. The molecule has 2 atom stereocenters. The maximum atomic E-state index is 11.8. The van der Waals surface area contributed by atoms with E-state index in [0.717, 1.165) is 12.8 Å². The van der Waals surface area contributed by atoms with Crippen LogP contribution < -0.4 is 5.73 Å². The Hall–Kier alpha value is -0.810. The highest BCUT2D eigenvalue weighted by molar-refractivity contribution is 5.69. The molecule has 1 aliphatic rings. The van der Waals surface area contributed by atoms with Gasteiger partial charge in [0.2, 0.25) is 0 Å². The summed E-state index contributed by atoms with van der Waals surface area (Å²) in [6, 6.07) is -0.195. The summed E-state index contributed by atoms with van der Waals surface area (Å²) in [4.78, 5) is 13.4. The SMILES string of the molecule is CC(C)(C)OC(=O)N1CCC[C@@H]1C(O)CN. The minimum atomic E-state index is -0.657. The normalized spacial score (nSPS) is 23.3. The molecule has 5 heteroatoms. The van der Waals surface area contributed by atoms with Gasteiger partial charge in [0.1, 0.15) is 5.60 Å². The lowest BCUT2D eigenvalue weighted by Crippen LogP contribution is -2.47. The third kappa shape index (κ3) is 3.35. The Balaban J connectivity index is 2.61. The number of hydrogen-bond donors (Lipinski definition) is 2. The summed E-state index contributed by atoms with van der Waals surface area (Å²) in [5, 5.41) is 9.70. The molecule has 0 radical (unpaired) electrons. The maximum absolute atomic E-state index is 11.8. The first-order chi connectivity index (χ1) is 7.35. The number of nitrogens with two attached hydrogens (primary N) is 1. The van der Waals surface area contributed by atoms with E-state index in [1.165, 1.54) is 0 Å². The van der Waals surface area contributed by atoms with Crippen LogP contribution >= 0.6 is 0 Å². The van der Waals surface area contributed by atoms with Crippen molar-refractivity contribution in [3.05, 3.63) is 0 Å². The number of ether oxygens (including phenoxy) is 1. The number of rotatable bonds is 2. The van der Waals surface area contributed by atoms with Gasteiger partial charge in [-0.3, -0.25) is 0 Å². The molecule has 1 fully saturated rings. The minimum absolute atomic E-state index is 0.171. The average molecular weight is 230 g/mol. The van der Waals surface area contributed by atoms with E-state index in [9.17, 15) is 9.90 Å². The molecule has 1 aliphatic heterocycles. The van der Waals surface area contributed by atoms with E-state index >= 15 is 0 Å². The summed E-state index contributed by atoms with van der Waals surface area (Å²) in [5.74, 6) is 0. The Labute approximate surface area is 96.6 Å². The Morgan fingerprint density at radius 3 is 2.75 bits per heavy atom. The first-order valence-electron chi connectivity index (χ1n) is 5.73. The summed E-state index contributed by atoms with van der Waals surface area (Å²) >= 11 is 0. The monoisotopic (exact) mass is 230 g/mol. The van der Waals surface area contributed by atoms with Gasteiger partial charge in [-0.2, -0.15) is 0 Å². The van der Waals surface area contributed by atoms with Gasteiger partial charge in [0.25, 0.3) is 0 Å². The first kappa shape index (κ1) is 13.3. The van der Waals surface area contributed by atoms with E-state index in [1.807, 2.05) is 20.8 Å². The van der Waals surface area contributed by atoms with Crippen LogP contribution in [0.4, 0.5) is 4.79 Å². The van der Waals surface area contributed by atoms with Gasteiger partial charge in [0.15, 0.2) is 0 Å². The van der Waals surface area contributed by atoms with Crippen molar-refractivity contribution < 1.29 is 14.6 Å². The van der Waals surface area contributed by atoms with Crippen molar-refractivity contribution in [1.29, 1.82) is 0 Å². The number of aliphatic hydroxyl groups is 1.